The number of hydrogen-bond acceptors (Lipinski definition) is 5. The molecule has 0 saturated heterocycles. The van der Waals surface area contributed by atoms with Crippen LogP contribution >= 0.6 is 11.8 Å². The number of anilines is 1. The van der Waals surface area contributed by atoms with E-state index in [9.17, 15) is 4.79 Å². The molecule has 0 aliphatic carbocycles. The van der Waals surface area contributed by atoms with E-state index in [4.69, 9.17) is 5.84 Å². The minimum atomic E-state index is -0.101. The molecule has 0 unspecified atom stereocenters. The summed E-state index contributed by atoms with van der Waals surface area (Å²) in [6.45, 7) is 4.96. The fourth-order valence-electron chi connectivity index (χ4n) is 1.82. The predicted molar refractivity (Wildman–Crippen MR) is 81.2 cm³/mol. The van der Waals surface area contributed by atoms with Gasteiger partial charge in [-0.3, -0.25) is 4.79 Å². The van der Waals surface area contributed by atoms with E-state index in [1.807, 2.05) is 0 Å². The highest BCUT2D eigenvalue weighted by atomic mass is 32.2. The van der Waals surface area contributed by atoms with Crippen molar-refractivity contribution in [1.82, 2.24) is 10.3 Å². The van der Waals surface area contributed by atoms with E-state index in [2.05, 4.69) is 35.8 Å². The fourth-order valence-corrected chi connectivity index (χ4v) is 2.61. The van der Waals surface area contributed by atoms with E-state index in [0.29, 0.717) is 17.9 Å². The minimum absolute atomic E-state index is 0.101. The zero-order valence-electron chi connectivity index (χ0n) is 11.7. The molecule has 5 nitrogen and oxygen atoms in total. The second-order valence-corrected chi connectivity index (χ2v) is 5.63. The number of thioether (sulfide) groups is 1. The van der Waals surface area contributed by atoms with Crippen molar-refractivity contribution in [3.05, 3.63) is 23.9 Å². The lowest BCUT2D eigenvalue weighted by Gasteiger charge is -2.29. The molecule has 0 radical (unpaired) electrons. The Bertz CT molecular complexity index is 395. The number of nitrogens with two attached hydrogens (primary N) is 1. The van der Waals surface area contributed by atoms with Crippen LogP contribution in [-0.2, 0) is 0 Å². The van der Waals surface area contributed by atoms with Gasteiger partial charge < -0.3 is 10.7 Å². The van der Waals surface area contributed by atoms with Crippen molar-refractivity contribution in [3.8, 4) is 0 Å². The first kappa shape index (κ1) is 15.8. The van der Waals surface area contributed by atoms with E-state index in [1.54, 1.807) is 23.9 Å². The molecule has 1 rings (SSSR count). The number of pyridine rings is 1. The first-order valence-corrected chi connectivity index (χ1v) is 7.59. The number of nitrogens with zero attached hydrogens (tertiary/aromatic N) is 1. The molecule has 1 amide bonds. The number of hydrogen-bond donors (Lipinski definition) is 3. The molecule has 19 heavy (non-hydrogen) atoms. The maximum atomic E-state index is 12.0. The van der Waals surface area contributed by atoms with Gasteiger partial charge in [-0.15, -0.1) is 0 Å². The molecule has 0 spiro atoms. The third-order valence-electron chi connectivity index (χ3n) is 3.47. The summed E-state index contributed by atoms with van der Waals surface area (Å²) < 4.78 is 0.113. The Morgan fingerprint density at radius 1 is 1.42 bits per heavy atom. The standard InChI is InChI=1S/C13H22N4OS/c1-4-13(5-2,19-3)9-16-12(18)10-6-7-11(17-14)15-8-10/h6-8H,4-5,9,14H2,1-3H3,(H,15,17)(H,16,18). The largest absolute Gasteiger partial charge is 0.351 e. The van der Waals surface area contributed by atoms with E-state index >= 15 is 0 Å². The molecule has 0 bridgehead atoms. The van der Waals surface area contributed by atoms with Crippen molar-refractivity contribution in [2.75, 3.05) is 18.2 Å². The van der Waals surface area contributed by atoms with Crippen LogP contribution in [0, 0.1) is 0 Å². The summed E-state index contributed by atoms with van der Waals surface area (Å²) in [6, 6.07) is 3.38. The SMILES string of the molecule is CCC(CC)(CNC(=O)c1ccc(NN)nc1)SC. The number of carbonyl (C=O) groups excluding carboxylic acids is 1. The number of nitrogens with one attached hydrogen (secondary N) is 2. The van der Waals surface area contributed by atoms with Gasteiger partial charge in [0.25, 0.3) is 5.91 Å². The van der Waals surface area contributed by atoms with Crippen LogP contribution in [-0.4, -0.2) is 28.4 Å². The highest BCUT2D eigenvalue weighted by Gasteiger charge is 2.25. The summed E-state index contributed by atoms with van der Waals surface area (Å²) in [4.78, 5) is 16.0. The van der Waals surface area contributed by atoms with Crippen LogP contribution in [0.5, 0.6) is 0 Å². The van der Waals surface area contributed by atoms with Gasteiger partial charge in [-0.25, -0.2) is 10.8 Å². The van der Waals surface area contributed by atoms with Gasteiger partial charge in [0.2, 0.25) is 0 Å². The van der Waals surface area contributed by atoms with Crippen molar-refractivity contribution in [2.45, 2.75) is 31.4 Å². The van der Waals surface area contributed by atoms with E-state index in [-0.39, 0.29) is 10.7 Å². The smallest absolute Gasteiger partial charge is 0.252 e. The van der Waals surface area contributed by atoms with Crippen molar-refractivity contribution in [1.29, 1.82) is 0 Å². The number of amides is 1. The predicted octanol–water partition coefficient (Wildman–Crippen LogP) is 2.02. The highest BCUT2D eigenvalue weighted by Crippen LogP contribution is 2.29. The molecular formula is C13H22N4OS. The van der Waals surface area contributed by atoms with Crippen LogP contribution in [0.4, 0.5) is 5.82 Å². The first-order valence-electron chi connectivity index (χ1n) is 6.36. The molecule has 4 N–H and O–H groups in total. The Morgan fingerprint density at radius 3 is 2.53 bits per heavy atom. The lowest BCUT2D eigenvalue weighted by molar-refractivity contribution is 0.0948. The summed E-state index contributed by atoms with van der Waals surface area (Å²) in [5.41, 5.74) is 2.97. The molecule has 0 atom stereocenters. The van der Waals surface area contributed by atoms with Gasteiger partial charge in [0.1, 0.15) is 5.82 Å². The topological polar surface area (TPSA) is 80.0 Å². The lowest BCUT2D eigenvalue weighted by atomic mass is 10.0. The average Bonchev–Trinajstić information content (AvgIpc) is 2.49. The molecule has 0 saturated carbocycles. The molecule has 0 fully saturated rings. The van der Waals surface area contributed by atoms with Crippen LogP contribution < -0.4 is 16.6 Å². The number of nitrogen functional groups attached to an aromatic ring is 1. The van der Waals surface area contributed by atoms with Crippen LogP contribution in [0.15, 0.2) is 18.3 Å². The van der Waals surface area contributed by atoms with E-state index in [0.717, 1.165) is 12.8 Å². The Labute approximate surface area is 118 Å². The summed E-state index contributed by atoms with van der Waals surface area (Å²) >= 11 is 1.80. The minimum Gasteiger partial charge on any atom is -0.351 e. The molecule has 1 heterocycles. The van der Waals surface area contributed by atoms with E-state index < -0.39 is 0 Å². The Morgan fingerprint density at radius 2 is 2.11 bits per heavy atom. The summed E-state index contributed by atoms with van der Waals surface area (Å²) in [5, 5.41) is 2.98. The Kier molecular flexibility index (Phi) is 6.11. The quantitative estimate of drug-likeness (QED) is 0.526. The number of rotatable bonds is 7. The van der Waals surface area contributed by atoms with Crippen molar-refractivity contribution in [2.24, 2.45) is 5.84 Å². The molecule has 1 aromatic heterocycles. The molecule has 1 aromatic rings. The molecule has 106 valence electrons. The van der Waals surface area contributed by atoms with Gasteiger partial charge in [0.05, 0.1) is 5.56 Å². The van der Waals surface area contributed by atoms with Crippen LogP contribution in [0.25, 0.3) is 0 Å². The van der Waals surface area contributed by atoms with Crippen molar-refractivity contribution < 1.29 is 4.79 Å². The molecular weight excluding hydrogens is 260 g/mol. The zero-order valence-corrected chi connectivity index (χ0v) is 12.5. The maximum absolute atomic E-state index is 12.0. The number of hydrazine groups is 1. The maximum Gasteiger partial charge on any atom is 0.252 e. The monoisotopic (exact) mass is 282 g/mol. The third kappa shape index (κ3) is 4.11. The number of carbonyl (C=O) groups is 1. The van der Waals surface area contributed by atoms with Gasteiger partial charge in [0, 0.05) is 17.5 Å². The average molecular weight is 282 g/mol. The number of aromatic nitrogens is 1. The zero-order chi connectivity index (χ0) is 14.3. The lowest BCUT2D eigenvalue weighted by Crippen LogP contribution is -2.39. The second kappa shape index (κ2) is 7.35. The summed E-state index contributed by atoms with van der Waals surface area (Å²) in [7, 11) is 0. The van der Waals surface area contributed by atoms with Crippen molar-refractivity contribution >= 4 is 23.5 Å². The molecule has 0 aliphatic rings. The van der Waals surface area contributed by atoms with Crippen LogP contribution in [0.2, 0.25) is 0 Å². The van der Waals surface area contributed by atoms with Crippen LogP contribution in [0.1, 0.15) is 37.0 Å². The van der Waals surface area contributed by atoms with Crippen LogP contribution in [0.3, 0.4) is 0 Å². The van der Waals surface area contributed by atoms with Crippen molar-refractivity contribution in [3.63, 3.8) is 0 Å². The van der Waals surface area contributed by atoms with Gasteiger partial charge in [0.15, 0.2) is 0 Å². The Hall–Kier alpha value is -1.27. The van der Waals surface area contributed by atoms with E-state index in [1.165, 1.54) is 6.20 Å². The summed E-state index contributed by atoms with van der Waals surface area (Å²) in [6.07, 6.45) is 5.66. The van der Waals surface area contributed by atoms with Gasteiger partial charge >= 0.3 is 0 Å². The Balaban J connectivity index is 2.63. The molecule has 6 heteroatoms. The summed E-state index contributed by atoms with van der Waals surface area (Å²) in [5.74, 6) is 5.67. The fraction of sp³-hybridized carbons (Fsp3) is 0.538. The van der Waals surface area contributed by atoms with Gasteiger partial charge in [-0.05, 0) is 31.2 Å². The van der Waals surface area contributed by atoms with Gasteiger partial charge in [-0.1, -0.05) is 13.8 Å². The second-order valence-electron chi connectivity index (χ2n) is 4.35. The normalized spacial score (nSPS) is 11.2. The first-order chi connectivity index (χ1) is 9.10. The molecule has 0 aliphatic heterocycles. The molecule has 0 aromatic carbocycles. The van der Waals surface area contributed by atoms with Gasteiger partial charge in [-0.2, -0.15) is 11.8 Å². The highest BCUT2D eigenvalue weighted by molar-refractivity contribution is 8.00. The third-order valence-corrected chi connectivity index (χ3v) is 5.05.